The highest BCUT2D eigenvalue weighted by molar-refractivity contribution is 5.70. The number of nitrogen functional groups attached to an aromatic ring is 1. The fourth-order valence-corrected chi connectivity index (χ4v) is 3.06. The van der Waals surface area contributed by atoms with Crippen LogP contribution in [0.25, 0.3) is 11.1 Å². The Hall–Kier alpha value is -1.96. The second kappa shape index (κ2) is 10.0. The van der Waals surface area contributed by atoms with Gasteiger partial charge in [-0.15, -0.1) is 0 Å². The number of aryl methyl sites for hydroxylation is 1. The lowest BCUT2D eigenvalue weighted by Crippen LogP contribution is -1.89. The van der Waals surface area contributed by atoms with E-state index in [4.69, 9.17) is 5.73 Å². The van der Waals surface area contributed by atoms with Crippen LogP contribution in [0.4, 0.5) is 5.69 Å². The number of hydrogen-bond acceptors (Lipinski definition) is 2. The molecule has 0 heterocycles. The van der Waals surface area contributed by atoms with E-state index in [1.807, 2.05) is 12.1 Å². The standard InChI is InChI=1S/C22H31NO/c1-2-3-4-5-6-7-8-9-10-18-11-13-19(14-12-18)20-15-16-22(24)21(23)17-20/h11-17,24H,2-10,23H2,1H3. The van der Waals surface area contributed by atoms with Gasteiger partial charge in [-0.2, -0.15) is 0 Å². The van der Waals surface area contributed by atoms with Gasteiger partial charge in [-0.3, -0.25) is 0 Å². The third-order valence-electron chi connectivity index (χ3n) is 4.63. The molecule has 2 nitrogen and oxygen atoms in total. The maximum absolute atomic E-state index is 9.51. The largest absolute Gasteiger partial charge is 0.506 e. The van der Waals surface area contributed by atoms with E-state index in [9.17, 15) is 5.11 Å². The van der Waals surface area contributed by atoms with E-state index in [0.29, 0.717) is 5.69 Å². The Kier molecular flexibility index (Phi) is 7.67. The second-order valence-electron chi connectivity index (χ2n) is 6.70. The highest BCUT2D eigenvalue weighted by atomic mass is 16.3. The van der Waals surface area contributed by atoms with E-state index in [-0.39, 0.29) is 5.75 Å². The molecule has 2 aromatic rings. The molecule has 24 heavy (non-hydrogen) atoms. The minimum atomic E-state index is 0.144. The first-order valence-corrected chi connectivity index (χ1v) is 9.38. The van der Waals surface area contributed by atoms with Crippen LogP contribution < -0.4 is 5.73 Å². The van der Waals surface area contributed by atoms with E-state index >= 15 is 0 Å². The summed E-state index contributed by atoms with van der Waals surface area (Å²) in [4.78, 5) is 0. The van der Waals surface area contributed by atoms with Crippen LogP contribution in [0.1, 0.15) is 63.9 Å². The molecule has 0 bridgehead atoms. The maximum Gasteiger partial charge on any atom is 0.138 e. The molecule has 2 aromatic carbocycles. The zero-order valence-corrected chi connectivity index (χ0v) is 14.9. The van der Waals surface area contributed by atoms with Crippen LogP contribution in [-0.4, -0.2) is 5.11 Å². The summed E-state index contributed by atoms with van der Waals surface area (Å²) in [5.41, 5.74) is 9.78. The molecule has 0 spiro atoms. The molecule has 130 valence electrons. The van der Waals surface area contributed by atoms with Crippen LogP contribution in [-0.2, 0) is 6.42 Å². The lowest BCUT2D eigenvalue weighted by atomic mass is 10.00. The molecule has 0 saturated heterocycles. The summed E-state index contributed by atoms with van der Waals surface area (Å²) in [5.74, 6) is 0.144. The lowest BCUT2D eigenvalue weighted by molar-refractivity contribution is 0.478. The number of phenolic OH excluding ortho intramolecular Hbond substituents is 1. The molecule has 0 aliphatic carbocycles. The number of hydrogen-bond donors (Lipinski definition) is 2. The van der Waals surface area contributed by atoms with E-state index in [0.717, 1.165) is 17.5 Å². The first-order chi connectivity index (χ1) is 11.7. The van der Waals surface area contributed by atoms with Gasteiger partial charge in [0.2, 0.25) is 0 Å². The molecule has 0 aliphatic heterocycles. The number of unbranched alkanes of at least 4 members (excludes halogenated alkanes) is 7. The van der Waals surface area contributed by atoms with Gasteiger partial charge in [0.05, 0.1) is 5.69 Å². The van der Waals surface area contributed by atoms with Crippen LogP contribution in [0, 0.1) is 0 Å². The topological polar surface area (TPSA) is 46.2 Å². The van der Waals surface area contributed by atoms with Crippen LogP contribution >= 0.6 is 0 Å². The van der Waals surface area contributed by atoms with Crippen molar-refractivity contribution < 1.29 is 5.11 Å². The Balaban J connectivity index is 1.73. The Morgan fingerprint density at radius 2 is 1.33 bits per heavy atom. The fourth-order valence-electron chi connectivity index (χ4n) is 3.06. The molecule has 3 N–H and O–H groups in total. The second-order valence-corrected chi connectivity index (χ2v) is 6.70. The van der Waals surface area contributed by atoms with Gasteiger partial charge in [0.1, 0.15) is 5.75 Å². The Labute approximate surface area is 146 Å². The monoisotopic (exact) mass is 325 g/mol. The van der Waals surface area contributed by atoms with Gasteiger partial charge in [-0.1, -0.05) is 82.2 Å². The van der Waals surface area contributed by atoms with Crippen molar-refractivity contribution in [3.05, 3.63) is 48.0 Å². The first kappa shape index (κ1) is 18.4. The number of benzene rings is 2. The number of rotatable bonds is 10. The maximum atomic E-state index is 9.51. The van der Waals surface area contributed by atoms with Gasteiger partial charge < -0.3 is 10.8 Å². The predicted molar refractivity (Wildman–Crippen MR) is 104 cm³/mol. The lowest BCUT2D eigenvalue weighted by Gasteiger charge is -2.07. The van der Waals surface area contributed by atoms with Crippen molar-refractivity contribution in [2.45, 2.75) is 64.7 Å². The average Bonchev–Trinajstić information content (AvgIpc) is 2.60. The van der Waals surface area contributed by atoms with Gasteiger partial charge in [-0.05, 0) is 41.7 Å². The summed E-state index contributed by atoms with van der Waals surface area (Å²) >= 11 is 0. The Morgan fingerprint density at radius 1 is 0.750 bits per heavy atom. The van der Waals surface area contributed by atoms with Crippen LogP contribution in [0.2, 0.25) is 0 Å². The summed E-state index contributed by atoms with van der Waals surface area (Å²) in [6, 6.07) is 14.1. The van der Waals surface area contributed by atoms with Crippen molar-refractivity contribution in [1.82, 2.24) is 0 Å². The van der Waals surface area contributed by atoms with Gasteiger partial charge >= 0.3 is 0 Å². The zero-order chi connectivity index (χ0) is 17.2. The normalized spacial score (nSPS) is 10.9. The Morgan fingerprint density at radius 3 is 1.96 bits per heavy atom. The van der Waals surface area contributed by atoms with Gasteiger partial charge in [0, 0.05) is 0 Å². The molecule has 0 fully saturated rings. The molecule has 2 rings (SSSR count). The average molecular weight is 325 g/mol. The molecule has 0 aliphatic rings. The van der Waals surface area contributed by atoms with E-state index in [1.165, 1.54) is 56.9 Å². The van der Waals surface area contributed by atoms with Crippen molar-refractivity contribution in [1.29, 1.82) is 0 Å². The van der Waals surface area contributed by atoms with Crippen molar-refractivity contribution in [3.63, 3.8) is 0 Å². The predicted octanol–water partition coefficient (Wildman–Crippen LogP) is 6.32. The number of nitrogens with two attached hydrogens (primary N) is 1. The van der Waals surface area contributed by atoms with Crippen molar-refractivity contribution in [2.75, 3.05) is 5.73 Å². The SMILES string of the molecule is CCCCCCCCCCc1ccc(-c2ccc(O)c(N)c2)cc1. The molecule has 0 saturated carbocycles. The highest BCUT2D eigenvalue weighted by Crippen LogP contribution is 2.27. The summed E-state index contributed by atoms with van der Waals surface area (Å²) < 4.78 is 0. The molecule has 2 heteroatoms. The summed E-state index contributed by atoms with van der Waals surface area (Å²) in [7, 11) is 0. The minimum Gasteiger partial charge on any atom is -0.506 e. The number of anilines is 1. The Bertz CT molecular complexity index is 604. The van der Waals surface area contributed by atoms with E-state index in [1.54, 1.807) is 6.07 Å². The molecular formula is C22H31NO. The van der Waals surface area contributed by atoms with Crippen molar-refractivity contribution in [3.8, 4) is 16.9 Å². The van der Waals surface area contributed by atoms with Gasteiger partial charge in [-0.25, -0.2) is 0 Å². The smallest absolute Gasteiger partial charge is 0.138 e. The van der Waals surface area contributed by atoms with E-state index in [2.05, 4.69) is 31.2 Å². The van der Waals surface area contributed by atoms with Gasteiger partial charge in [0.15, 0.2) is 0 Å². The summed E-state index contributed by atoms with van der Waals surface area (Å²) in [6.45, 7) is 2.27. The van der Waals surface area contributed by atoms with Crippen LogP contribution in [0.15, 0.2) is 42.5 Å². The molecule has 0 unspecified atom stereocenters. The zero-order valence-electron chi connectivity index (χ0n) is 14.9. The number of phenols is 1. The highest BCUT2D eigenvalue weighted by Gasteiger charge is 2.02. The fraction of sp³-hybridized carbons (Fsp3) is 0.455. The molecular weight excluding hydrogens is 294 g/mol. The van der Waals surface area contributed by atoms with Crippen LogP contribution in [0.5, 0.6) is 5.75 Å². The van der Waals surface area contributed by atoms with Crippen molar-refractivity contribution >= 4 is 5.69 Å². The minimum absolute atomic E-state index is 0.144. The molecule has 0 aromatic heterocycles. The number of aromatic hydroxyl groups is 1. The van der Waals surface area contributed by atoms with Gasteiger partial charge in [0.25, 0.3) is 0 Å². The third-order valence-corrected chi connectivity index (χ3v) is 4.63. The molecule has 0 amide bonds. The molecule has 0 radical (unpaired) electrons. The molecule has 0 atom stereocenters. The summed E-state index contributed by atoms with van der Waals surface area (Å²) in [5, 5.41) is 9.51. The third kappa shape index (κ3) is 5.92. The van der Waals surface area contributed by atoms with Crippen molar-refractivity contribution in [2.24, 2.45) is 0 Å². The van der Waals surface area contributed by atoms with Crippen LogP contribution in [0.3, 0.4) is 0 Å². The first-order valence-electron chi connectivity index (χ1n) is 9.38. The van der Waals surface area contributed by atoms with E-state index < -0.39 is 0 Å². The quantitative estimate of drug-likeness (QED) is 0.305. The summed E-state index contributed by atoms with van der Waals surface area (Å²) in [6.07, 6.45) is 12.0.